The Balaban J connectivity index is 2.39. The zero-order valence-corrected chi connectivity index (χ0v) is 11.3. The zero-order valence-electron chi connectivity index (χ0n) is 9.68. The van der Waals surface area contributed by atoms with Crippen LogP contribution < -0.4 is 5.32 Å². The van der Waals surface area contributed by atoms with Gasteiger partial charge in [0.05, 0.1) is 18.1 Å². The van der Waals surface area contributed by atoms with Gasteiger partial charge in [0.1, 0.15) is 0 Å². The molecule has 2 unspecified atom stereocenters. The van der Waals surface area contributed by atoms with Crippen molar-refractivity contribution in [1.29, 1.82) is 0 Å². The number of aliphatic hydroxyl groups excluding tert-OH is 1. The van der Waals surface area contributed by atoms with E-state index in [1.807, 2.05) is 6.26 Å². The number of hydrogen-bond acceptors (Lipinski definition) is 5. The van der Waals surface area contributed by atoms with Crippen LogP contribution in [-0.2, 0) is 9.84 Å². The molecule has 0 aromatic carbocycles. The predicted octanol–water partition coefficient (Wildman–Crippen LogP) is 0.267. The fourth-order valence-electron chi connectivity index (χ4n) is 1.98. The van der Waals surface area contributed by atoms with Crippen LogP contribution in [0.1, 0.15) is 19.3 Å². The van der Waals surface area contributed by atoms with Crippen LogP contribution in [-0.4, -0.2) is 55.7 Å². The fraction of sp³-hybridized carbons (Fsp3) is 1.00. The lowest BCUT2D eigenvalue weighted by molar-refractivity contribution is 0.228. The molecule has 16 heavy (non-hydrogen) atoms. The van der Waals surface area contributed by atoms with E-state index in [9.17, 15) is 13.5 Å². The molecule has 1 heterocycles. The van der Waals surface area contributed by atoms with E-state index >= 15 is 0 Å². The molecule has 0 bridgehead atoms. The minimum atomic E-state index is -2.86. The third-order valence-electron chi connectivity index (χ3n) is 2.83. The third kappa shape index (κ3) is 5.03. The van der Waals surface area contributed by atoms with Crippen molar-refractivity contribution in [2.24, 2.45) is 0 Å². The van der Waals surface area contributed by atoms with Crippen LogP contribution in [0.25, 0.3) is 0 Å². The van der Waals surface area contributed by atoms with Crippen LogP contribution in [0.2, 0.25) is 0 Å². The minimum absolute atomic E-state index is 0.0257. The molecule has 0 aromatic rings. The summed E-state index contributed by atoms with van der Waals surface area (Å²) in [6.45, 7) is 0.0805. The molecular formula is C10H21NO3S2. The summed E-state index contributed by atoms with van der Waals surface area (Å²) in [5.74, 6) is 1.53. The van der Waals surface area contributed by atoms with Gasteiger partial charge >= 0.3 is 0 Å². The van der Waals surface area contributed by atoms with Gasteiger partial charge in [-0.15, -0.1) is 0 Å². The molecule has 0 aliphatic carbocycles. The molecule has 2 N–H and O–H groups in total. The van der Waals surface area contributed by atoms with Gasteiger partial charge in [-0.25, -0.2) is 8.42 Å². The lowest BCUT2D eigenvalue weighted by Crippen LogP contribution is -2.46. The van der Waals surface area contributed by atoms with E-state index in [0.29, 0.717) is 5.75 Å². The molecule has 2 atom stereocenters. The second-order valence-electron chi connectivity index (χ2n) is 4.28. The van der Waals surface area contributed by atoms with Crippen molar-refractivity contribution < 1.29 is 13.5 Å². The first-order chi connectivity index (χ1) is 7.57. The Bertz CT molecular complexity index is 292. The van der Waals surface area contributed by atoms with Crippen molar-refractivity contribution in [3.63, 3.8) is 0 Å². The molecule has 96 valence electrons. The molecule has 1 aliphatic rings. The number of thioether (sulfide) groups is 1. The monoisotopic (exact) mass is 267 g/mol. The maximum atomic E-state index is 11.4. The van der Waals surface area contributed by atoms with Crippen molar-refractivity contribution in [2.75, 3.05) is 30.1 Å². The Labute approximate surface area is 102 Å². The molecule has 0 amide bonds. The van der Waals surface area contributed by atoms with Gasteiger partial charge in [-0.05, 0) is 31.3 Å². The van der Waals surface area contributed by atoms with Crippen LogP contribution in [0.5, 0.6) is 0 Å². The highest BCUT2D eigenvalue weighted by atomic mass is 32.2. The molecule has 1 fully saturated rings. The summed E-state index contributed by atoms with van der Waals surface area (Å²) in [6.07, 6.45) is 4.55. The second kappa shape index (κ2) is 6.83. The van der Waals surface area contributed by atoms with Gasteiger partial charge in [0.25, 0.3) is 0 Å². The molecule has 6 heteroatoms. The Morgan fingerprint density at radius 1 is 1.56 bits per heavy atom. The first kappa shape index (κ1) is 14.3. The summed E-state index contributed by atoms with van der Waals surface area (Å²) in [5.41, 5.74) is 0. The Hall–Kier alpha value is 0.220. The molecule has 1 saturated heterocycles. The predicted molar refractivity (Wildman–Crippen MR) is 68.7 cm³/mol. The SMILES string of the molecule is CSCCC(CO)NC1CCCS(=O)(=O)C1. The molecule has 1 aliphatic heterocycles. The third-order valence-corrected chi connectivity index (χ3v) is 5.29. The van der Waals surface area contributed by atoms with Gasteiger partial charge in [0.2, 0.25) is 0 Å². The highest BCUT2D eigenvalue weighted by molar-refractivity contribution is 7.98. The van der Waals surface area contributed by atoms with Gasteiger partial charge < -0.3 is 10.4 Å². The second-order valence-corrected chi connectivity index (χ2v) is 7.50. The number of hydrogen-bond donors (Lipinski definition) is 2. The van der Waals surface area contributed by atoms with Crippen LogP contribution in [0.3, 0.4) is 0 Å². The van der Waals surface area contributed by atoms with Gasteiger partial charge in [0.15, 0.2) is 9.84 Å². The normalized spacial score (nSPS) is 26.5. The van der Waals surface area contributed by atoms with Crippen molar-refractivity contribution in [1.82, 2.24) is 5.32 Å². The van der Waals surface area contributed by atoms with Crippen molar-refractivity contribution >= 4 is 21.6 Å². The maximum absolute atomic E-state index is 11.4. The number of nitrogens with one attached hydrogen (secondary N) is 1. The molecule has 0 radical (unpaired) electrons. The zero-order chi connectivity index (χ0) is 12.0. The molecule has 0 saturated carbocycles. The lowest BCUT2D eigenvalue weighted by Gasteiger charge is -2.27. The smallest absolute Gasteiger partial charge is 0.151 e. The molecule has 1 rings (SSSR count). The number of aliphatic hydroxyl groups is 1. The highest BCUT2D eigenvalue weighted by Gasteiger charge is 2.26. The first-order valence-electron chi connectivity index (χ1n) is 5.63. The van der Waals surface area contributed by atoms with Crippen LogP contribution in [0, 0.1) is 0 Å². The Morgan fingerprint density at radius 3 is 2.88 bits per heavy atom. The average molecular weight is 267 g/mol. The topological polar surface area (TPSA) is 66.4 Å². The highest BCUT2D eigenvalue weighted by Crippen LogP contribution is 2.13. The summed E-state index contributed by atoms with van der Waals surface area (Å²) < 4.78 is 22.9. The van der Waals surface area contributed by atoms with E-state index in [1.165, 1.54) is 0 Å². The lowest BCUT2D eigenvalue weighted by atomic mass is 10.1. The van der Waals surface area contributed by atoms with Gasteiger partial charge in [-0.2, -0.15) is 11.8 Å². The van der Waals surface area contributed by atoms with Gasteiger partial charge in [0, 0.05) is 12.1 Å². The van der Waals surface area contributed by atoms with E-state index < -0.39 is 9.84 Å². The fourth-order valence-corrected chi connectivity index (χ4v) is 4.14. The van der Waals surface area contributed by atoms with Crippen LogP contribution in [0.15, 0.2) is 0 Å². The Kier molecular flexibility index (Phi) is 6.10. The summed E-state index contributed by atoms with van der Waals surface area (Å²) in [6, 6.07) is 0.0588. The quantitative estimate of drug-likeness (QED) is 0.723. The number of rotatable bonds is 6. The van der Waals surface area contributed by atoms with Crippen LogP contribution in [0.4, 0.5) is 0 Å². The largest absolute Gasteiger partial charge is 0.395 e. The minimum Gasteiger partial charge on any atom is -0.395 e. The van der Waals surface area contributed by atoms with Gasteiger partial charge in [-0.1, -0.05) is 0 Å². The summed E-state index contributed by atoms with van der Waals surface area (Å²) in [4.78, 5) is 0. The molecule has 0 spiro atoms. The molecule has 0 aromatic heterocycles. The van der Waals surface area contributed by atoms with E-state index in [1.54, 1.807) is 11.8 Å². The van der Waals surface area contributed by atoms with E-state index in [-0.39, 0.29) is 24.4 Å². The Morgan fingerprint density at radius 2 is 2.31 bits per heavy atom. The van der Waals surface area contributed by atoms with Crippen molar-refractivity contribution in [3.05, 3.63) is 0 Å². The van der Waals surface area contributed by atoms with Gasteiger partial charge in [-0.3, -0.25) is 0 Å². The summed E-state index contributed by atoms with van der Waals surface area (Å²) in [5, 5.41) is 12.4. The van der Waals surface area contributed by atoms with E-state index in [0.717, 1.165) is 25.0 Å². The standard InChI is InChI=1S/C10H21NO3S2/c1-15-5-4-9(7-12)11-10-3-2-6-16(13,14)8-10/h9-12H,2-8H2,1H3. The average Bonchev–Trinajstić information content (AvgIpc) is 2.22. The molecular weight excluding hydrogens is 246 g/mol. The van der Waals surface area contributed by atoms with E-state index in [4.69, 9.17) is 0 Å². The van der Waals surface area contributed by atoms with E-state index in [2.05, 4.69) is 5.32 Å². The molecule has 4 nitrogen and oxygen atoms in total. The van der Waals surface area contributed by atoms with Crippen molar-refractivity contribution in [2.45, 2.75) is 31.3 Å². The summed E-state index contributed by atoms with van der Waals surface area (Å²) >= 11 is 1.74. The van der Waals surface area contributed by atoms with Crippen molar-refractivity contribution in [3.8, 4) is 0 Å². The first-order valence-corrected chi connectivity index (χ1v) is 8.85. The van der Waals surface area contributed by atoms with Crippen LogP contribution >= 0.6 is 11.8 Å². The maximum Gasteiger partial charge on any atom is 0.151 e. The number of sulfone groups is 1. The summed E-state index contributed by atoms with van der Waals surface area (Å²) in [7, 11) is -2.86.